The minimum absolute atomic E-state index is 0.0348. The Morgan fingerprint density at radius 2 is 2.22 bits per heavy atom. The molecule has 0 bridgehead atoms. The summed E-state index contributed by atoms with van der Waals surface area (Å²) in [6.45, 7) is 1.84. The standard InChI is InChI=1S/C13H19N3O2/c1-3-13(17)14-12-8-10(15-16-12)9-6-4-5-7-11(9)18-2/h4-7,10,12,15-16H,3,8H2,1-2H3,(H,14,17). The minimum atomic E-state index is -0.0348. The van der Waals surface area contributed by atoms with E-state index in [-0.39, 0.29) is 18.1 Å². The lowest BCUT2D eigenvalue weighted by Crippen LogP contribution is -2.43. The van der Waals surface area contributed by atoms with Crippen LogP contribution in [0.2, 0.25) is 0 Å². The van der Waals surface area contributed by atoms with Gasteiger partial charge in [0, 0.05) is 18.4 Å². The number of amides is 1. The molecule has 1 aromatic rings. The predicted molar refractivity (Wildman–Crippen MR) is 68.8 cm³/mol. The zero-order valence-electron chi connectivity index (χ0n) is 10.7. The Morgan fingerprint density at radius 3 is 2.94 bits per heavy atom. The lowest BCUT2D eigenvalue weighted by atomic mass is 10.0. The average molecular weight is 249 g/mol. The van der Waals surface area contributed by atoms with Crippen LogP contribution in [-0.4, -0.2) is 19.2 Å². The number of carbonyl (C=O) groups is 1. The summed E-state index contributed by atoms with van der Waals surface area (Å²) in [5.41, 5.74) is 7.36. The Labute approximate surface area is 107 Å². The van der Waals surface area contributed by atoms with Crippen molar-refractivity contribution in [2.24, 2.45) is 0 Å². The Kier molecular flexibility index (Phi) is 4.17. The highest BCUT2D eigenvalue weighted by atomic mass is 16.5. The van der Waals surface area contributed by atoms with Crippen LogP contribution in [0, 0.1) is 0 Å². The normalized spacial score (nSPS) is 22.8. The number of methoxy groups -OCH3 is 1. The number of hydrazine groups is 1. The van der Waals surface area contributed by atoms with Crippen molar-refractivity contribution in [2.45, 2.75) is 32.0 Å². The number of rotatable bonds is 4. The first-order chi connectivity index (χ1) is 8.74. The van der Waals surface area contributed by atoms with Crippen LogP contribution in [0.5, 0.6) is 5.75 Å². The maximum absolute atomic E-state index is 11.3. The molecule has 98 valence electrons. The van der Waals surface area contributed by atoms with E-state index in [1.165, 1.54) is 0 Å². The van der Waals surface area contributed by atoms with E-state index in [2.05, 4.69) is 16.2 Å². The van der Waals surface area contributed by atoms with Crippen LogP contribution in [0.25, 0.3) is 0 Å². The molecule has 18 heavy (non-hydrogen) atoms. The van der Waals surface area contributed by atoms with Crippen molar-refractivity contribution in [1.29, 1.82) is 0 Å². The van der Waals surface area contributed by atoms with Crippen LogP contribution >= 0.6 is 0 Å². The highest BCUT2D eigenvalue weighted by Crippen LogP contribution is 2.29. The lowest BCUT2D eigenvalue weighted by molar-refractivity contribution is -0.121. The highest BCUT2D eigenvalue weighted by Gasteiger charge is 2.27. The molecule has 2 rings (SSSR count). The van der Waals surface area contributed by atoms with E-state index in [4.69, 9.17) is 4.74 Å². The van der Waals surface area contributed by atoms with Crippen molar-refractivity contribution in [2.75, 3.05) is 7.11 Å². The minimum Gasteiger partial charge on any atom is -0.496 e. The third-order valence-corrected chi connectivity index (χ3v) is 3.07. The second-order valence-corrected chi connectivity index (χ2v) is 4.29. The van der Waals surface area contributed by atoms with Crippen LogP contribution in [0.3, 0.4) is 0 Å². The zero-order chi connectivity index (χ0) is 13.0. The third kappa shape index (κ3) is 2.80. The average Bonchev–Trinajstić information content (AvgIpc) is 2.86. The number of ether oxygens (including phenoxy) is 1. The molecule has 2 unspecified atom stereocenters. The molecular weight excluding hydrogens is 230 g/mol. The van der Waals surface area contributed by atoms with E-state index in [1.54, 1.807) is 7.11 Å². The van der Waals surface area contributed by atoms with E-state index < -0.39 is 0 Å². The summed E-state index contributed by atoms with van der Waals surface area (Å²) in [6, 6.07) is 8.04. The SMILES string of the molecule is CCC(=O)NC1CC(c2ccccc2OC)NN1. The Bertz CT molecular complexity index is 422. The number of hydrogen-bond acceptors (Lipinski definition) is 4. The smallest absolute Gasteiger partial charge is 0.220 e. The maximum Gasteiger partial charge on any atom is 0.220 e. The molecule has 1 aromatic carbocycles. The van der Waals surface area contributed by atoms with Crippen LogP contribution in [-0.2, 0) is 4.79 Å². The second-order valence-electron chi connectivity index (χ2n) is 4.29. The van der Waals surface area contributed by atoms with Crippen LogP contribution in [0.1, 0.15) is 31.4 Å². The molecule has 1 aliphatic heterocycles. The Morgan fingerprint density at radius 1 is 1.44 bits per heavy atom. The molecule has 5 heteroatoms. The molecule has 0 radical (unpaired) electrons. The largest absolute Gasteiger partial charge is 0.496 e. The zero-order valence-corrected chi connectivity index (χ0v) is 10.7. The van der Waals surface area contributed by atoms with E-state index in [0.717, 1.165) is 17.7 Å². The van der Waals surface area contributed by atoms with Crippen LogP contribution in [0.4, 0.5) is 0 Å². The molecule has 0 aromatic heterocycles. The van der Waals surface area contributed by atoms with Crippen molar-refractivity contribution >= 4 is 5.91 Å². The summed E-state index contributed by atoms with van der Waals surface area (Å²) in [5.74, 6) is 0.911. The number of benzene rings is 1. The van der Waals surface area contributed by atoms with Crippen molar-refractivity contribution in [3.05, 3.63) is 29.8 Å². The van der Waals surface area contributed by atoms with Gasteiger partial charge in [0.1, 0.15) is 5.75 Å². The van der Waals surface area contributed by atoms with Crippen molar-refractivity contribution in [1.82, 2.24) is 16.2 Å². The highest BCUT2D eigenvalue weighted by molar-refractivity contribution is 5.75. The third-order valence-electron chi connectivity index (χ3n) is 3.07. The topological polar surface area (TPSA) is 62.4 Å². The molecule has 0 saturated carbocycles. The number of nitrogens with one attached hydrogen (secondary N) is 3. The maximum atomic E-state index is 11.3. The van der Waals surface area contributed by atoms with Gasteiger partial charge in [0.15, 0.2) is 0 Å². The first kappa shape index (κ1) is 12.9. The predicted octanol–water partition coefficient (Wildman–Crippen LogP) is 1.09. The summed E-state index contributed by atoms with van der Waals surface area (Å²) >= 11 is 0. The monoisotopic (exact) mass is 249 g/mol. The summed E-state index contributed by atoms with van der Waals surface area (Å²) in [4.78, 5) is 11.3. The fourth-order valence-corrected chi connectivity index (χ4v) is 2.11. The van der Waals surface area contributed by atoms with Gasteiger partial charge in [-0.3, -0.25) is 4.79 Å². The summed E-state index contributed by atoms with van der Waals surface area (Å²) < 4.78 is 5.34. The molecule has 1 aliphatic rings. The molecular formula is C13H19N3O2. The van der Waals surface area contributed by atoms with Crippen molar-refractivity contribution in [3.63, 3.8) is 0 Å². The first-order valence-electron chi connectivity index (χ1n) is 6.18. The fourth-order valence-electron chi connectivity index (χ4n) is 2.11. The molecule has 0 spiro atoms. The van der Waals surface area contributed by atoms with E-state index in [1.807, 2.05) is 31.2 Å². The van der Waals surface area contributed by atoms with Crippen molar-refractivity contribution in [3.8, 4) is 5.75 Å². The van der Waals surface area contributed by atoms with Gasteiger partial charge in [-0.15, -0.1) is 0 Å². The van der Waals surface area contributed by atoms with Gasteiger partial charge in [0.2, 0.25) is 5.91 Å². The lowest BCUT2D eigenvalue weighted by Gasteiger charge is -2.14. The molecule has 3 N–H and O–H groups in total. The van der Waals surface area contributed by atoms with Gasteiger partial charge >= 0.3 is 0 Å². The number of para-hydroxylation sites is 1. The Hall–Kier alpha value is -1.59. The summed E-state index contributed by atoms with van der Waals surface area (Å²) in [6.07, 6.45) is 1.26. The first-order valence-corrected chi connectivity index (χ1v) is 6.18. The fraction of sp³-hybridized carbons (Fsp3) is 0.462. The summed E-state index contributed by atoms with van der Waals surface area (Å²) in [7, 11) is 1.66. The number of hydrogen-bond donors (Lipinski definition) is 3. The van der Waals surface area contributed by atoms with Gasteiger partial charge in [-0.25, -0.2) is 10.9 Å². The quantitative estimate of drug-likeness (QED) is 0.747. The molecule has 2 atom stereocenters. The molecule has 1 fully saturated rings. The summed E-state index contributed by atoms with van der Waals surface area (Å²) in [5, 5.41) is 2.91. The van der Waals surface area contributed by atoms with E-state index in [9.17, 15) is 4.79 Å². The number of carbonyl (C=O) groups excluding carboxylic acids is 1. The van der Waals surface area contributed by atoms with Crippen LogP contribution in [0.15, 0.2) is 24.3 Å². The van der Waals surface area contributed by atoms with Gasteiger partial charge < -0.3 is 10.1 Å². The van der Waals surface area contributed by atoms with E-state index >= 15 is 0 Å². The van der Waals surface area contributed by atoms with Gasteiger partial charge in [-0.05, 0) is 6.07 Å². The Balaban J connectivity index is 2.02. The molecule has 1 heterocycles. The second kappa shape index (κ2) is 5.84. The molecule has 1 amide bonds. The van der Waals surface area contributed by atoms with Gasteiger partial charge in [0.05, 0.1) is 19.3 Å². The van der Waals surface area contributed by atoms with Crippen LogP contribution < -0.4 is 20.9 Å². The molecule has 1 saturated heterocycles. The van der Waals surface area contributed by atoms with Crippen molar-refractivity contribution < 1.29 is 9.53 Å². The molecule has 0 aliphatic carbocycles. The van der Waals surface area contributed by atoms with Gasteiger partial charge in [-0.2, -0.15) is 0 Å². The van der Waals surface area contributed by atoms with Gasteiger partial charge in [0.25, 0.3) is 0 Å². The van der Waals surface area contributed by atoms with Gasteiger partial charge in [-0.1, -0.05) is 25.1 Å². The van der Waals surface area contributed by atoms with E-state index in [0.29, 0.717) is 6.42 Å². The molecule has 5 nitrogen and oxygen atoms in total.